The lowest BCUT2D eigenvalue weighted by Crippen LogP contribution is -2.46. The molecule has 0 fully saturated rings. The van der Waals surface area contributed by atoms with Crippen molar-refractivity contribution in [3.63, 3.8) is 0 Å². The lowest BCUT2D eigenvalue weighted by molar-refractivity contribution is 0.0302. The standard InChI is InChI=1S/C15H32N4O2S.HI/c1-14(2,3)21-13(20)19(7)10-9-17-12(16-6)18-11-15(4,5)22-8;/h9-11H2,1-8H3,(H2,16,17,18);1H. The summed E-state index contributed by atoms with van der Waals surface area (Å²) in [5.41, 5.74) is -0.472. The number of carbonyl (C=O) groups is 1. The summed E-state index contributed by atoms with van der Waals surface area (Å²) in [6.45, 7) is 11.9. The van der Waals surface area contributed by atoms with Crippen LogP contribution in [0.3, 0.4) is 0 Å². The molecule has 0 atom stereocenters. The second-order valence-electron chi connectivity index (χ2n) is 6.72. The number of nitrogens with one attached hydrogen (secondary N) is 2. The quantitative estimate of drug-likeness (QED) is 0.363. The molecule has 6 nitrogen and oxygen atoms in total. The van der Waals surface area contributed by atoms with Crippen LogP contribution in [0, 0.1) is 0 Å². The fourth-order valence-corrected chi connectivity index (χ4v) is 1.58. The number of hydrogen-bond donors (Lipinski definition) is 2. The summed E-state index contributed by atoms with van der Waals surface area (Å²) < 4.78 is 5.44. The van der Waals surface area contributed by atoms with Crippen LogP contribution in [0.15, 0.2) is 4.99 Å². The van der Waals surface area contributed by atoms with Crippen LogP contribution in [0.2, 0.25) is 0 Å². The van der Waals surface area contributed by atoms with Gasteiger partial charge in [-0.3, -0.25) is 4.99 Å². The zero-order valence-electron chi connectivity index (χ0n) is 15.6. The molecule has 1 amide bonds. The van der Waals surface area contributed by atoms with Gasteiger partial charge in [0.05, 0.1) is 0 Å². The van der Waals surface area contributed by atoms with Gasteiger partial charge in [-0.05, 0) is 40.9 Å². The summed E-state index contributed by atoms with van der Waals surface area (Å²) >= 11 is 1.80. The van der Waals surface area contributed by atoms with Gasteiger partial charge in [-0.1, -0.05) is 0 Å². The summed E-state index contributed by atoms with van der Waals surface area (Å²) in [6.07, 6.45) is 1.77. The molecule has 0 heterocycles. The minimum atomic E-state index is -0.472. The Kier molecular flexibility index (Phi) is 12.1. The SMILES string of the molecule is CN=C(NCCN(C)C(=O)OC(C)(C)C)NCC(C)(C)SC.I. The fraction of sp³-hybridized carbons (Fsp3) is 0.867. The van der Waals surface area contributed by atoms with Crippen molar-refractivity contribution in [3.8, 4) is 0 Å². The van der Waals surface area contributed by atoms with Crippen molar-refractivity contribution >= 4 is 47.8 Å². The van der Waals surface area contributed by atoms with Crippen molar-refractivity contribution in [1.82, 2.24) is 15.5 Å². The molecule has 138 valence electrons. The monoisotopic (exact) mass is 460 g/mol. The molecule has 0 aliphatic carbocycles. The molecule has 0 bridgehead atoms. The van der Waals surface area contributed by atoms with E-state index in [4.69, 9.17) is 4.74 Å². The highest BCUT2D eigenvalue weighted by Gasteiger charge is 2.19. The number of halogens is 1. The van der Waals surface area contributed by atoms with Gasteiger partial charge in [0.25, 0.3) is 0 Å². The van der Waals surface area contributed by atoms with Gasteiger partial charge in [0.1, 0.15) is 5.60 Å². The smallest absolute Gasteiger partial charge is 0.410 e. The number of amides is 1. The molecular weight excluding hydrogens is 427 g/mol. The van der Waals surface area contributed by atoms with Crippen LogP contribution in [0.25, 0.3) is 0 Å². The zero-order valence-corrected chi connectivity index (χ0v) is 18.8. The Morgan fingerprint density at radius 1 is 1.22 bits per heavy atom. The van der Waals surface area contributed by atoms with Gasteiger partial charge in [-0.25, -0.2) is 4.79 Å². The molecule has 0 saturated carbocycles. The first-order valence-corrected chi connectivity index (χ1v) is 8.67. The first-order chi connectivity index (χ1) is 10.0. The van der Waals surface area contributed by atoms with Crippen molar-refractivity contribution in [3.05, 3.63) is 0 Å². The number of nitrogens with zero attached hydrogens (tertiary/aromatic N) is 2. The highest BCUT2D eigenvalue weighted by molar-refractivity contribution is 14.0. The first kappa shape index (κ1) is 24.9. The Bertz CT molecular complexity index is 384. The largest absolute Gasteiger partial charge is 0.444 e. The third kappa shape index (κ3) is 12.7. The molecule has 23 heavy (non-hydrogen) atoms. The third-order valence-electron chi connectivity index (χ3n) is 2.90. The first-order valence-electron chi connectivity index (χ1n) is 7.44. The van der Waals surface area contributed by atoms with Crippen LogP contribution in [-0.2, 0) is 4.74 Å². The van der Waals surface area contributed by atoms with E-state index in [2.05, 4.69) is 35.7 Å². The molecule has 2 N–H and O–H groups in total. The number of guanidine groups is 1. The van der Waals surface area contributed by atoms with Gasteiger partial charge in [-0.2, -0.15) is 11.8 Å². The molecule has 0 aliphatic rings. The predicted octanol–water partition coefficient (Wildman–Crippen LogP) is 2.78. The Morgan fingerprint density at radius 2 is 1.78 bits per heavy atom. The molecule has 0 unspecified atom stereocenters. The second kappa shape index (κ2) is 11.2. The van der Waals surface area contributed by atoms with E-state index in [0.717, 1.165) is 12.5 Å². The van der Waals surface area contributed by atoms with E-state index in [1.54, 1.807) is 30.8 Å². The van der Waals surface area contributed by atoms with E-state index >= 15 is 0 Å². The lowest BCUT2D eigenvalue weighted by Gasteiger charge is -2.26. The van der Waals surface area contributed by atoms with Gasteiger partial charge in [0.2, 0.25) is 0 Å². The lowest BCUT2D eigenvalue weighted by atomic mass is 10.2. The van der Waals surface area contributed by atoms with Crippen molar-refractivity contribution < 1.29 is 9.53 Å². The number of carbonyl (C=O) groups excluding carboxylic acids is 1. The number of thioether (sulfide) groups is 1. The summed E-state index contributed by atoms with van der Waals surface area (Å²) in [6, 6.07) is 0. The van der Waals surface area contributed by atoms with Crippen LogP contribution in [0.1, 0.15) is 34.6 Å². The molecule has 0 aromatic rings. The van der Waals surface area contributed by atoms with E-state index in [1.165, 1.54) is 0 Å². The summed E-state index contributed by atoms with van der Waals surface area (Å²) in [5.74, 6) is 0.736. The average Bonchev–Trinajstić information content (AvgIpc) is 2.40. The van der Waals surface area contributed by atoms with Crippen molar-refractivity contribution in [1.29, 1.82) is 0 Å². The maximum Gasteiger partial charge on any atom is 0.410 e. The Labute approximate surface area is 162 Å². The summed E-state index contributed by atoms with van der Waals surface area (Å²) in [5, 5.41) is 6.48. The molecule has 0 rings (SSSR count). The Hall–Kier alpha value is -0.380. The molecule has 8 heteroatoms. The van der Waals surface area contributed by atoms with Gasteiger partial charge >= 0.3 is 6.09 Å². The van der Waals surface area contributed by atoms with Crippen LogP contribution >= 0.6 is 35.7 Å². The van der Waals surface area contributed by atoms with E-state index in [1.807, 2.05) is 20.8 Å². The van der Waals surface area contributed by atoms with Crippen molar-refractivity contribution in [2.24, 2.45) is 4.99 Å². The molecule has 0 radical (unpaired) electrons. The van der Waals surface area contributed by atoms with E-state index in [9.17, 15) is 4.79 Å². The topological polar surface area (TPSA) is 66.0 Å². The summed E-state index contributed by atoms with van der Waals surface area (Å²) in [7, 11) is 3.46. The summed E-state index contributed by atoms with van der Waals surface area (Å²) in [4.78, 5) is 17.6. The minimum absolute atomic E-state index is 0. The number of likely N-dealkylation sites (N-methyl/N-ethyl adjacent to an activating group) is 1. The van der Waals surface area contributed by atoms with Crippen LogP contribution in [0.5, 0.6) is 0 Å². The van der Waals surface area contributed by atoms with E-state index < -0.39 is 5.60 Å². The number of rotatable bonds is 6. The molecule has 0 aromatic heterocycles. The Balaban J connectivity index is 0. The fourth-order valence-electron chi connectivity index (χ4n) is 1.36. The molecule has 0 saturated heterocycles. The highest BCUT2D eigenvalue weighted by atomic mass is 127. The van der Waals surface area contributed by atoms with Gasteiger partial charge in [0.15, 0.2) is 5.96 Å². The van der Waals surface area contributed by atoms with E-state index in [0.29, 0.717) is 13.1 Å². The molecule has 0 aromatic carbocycles. The van der Waals surface area contributed by atoms with Gasteiger partial charge in [-0.15, -0.1) is 24.0 Å². The van der Waals surface area contributed by atoms with Gasteiger partial charge in [0, 0.05) is 38.5 Å². The van der Waals surface area contributed by atoms with Crippen LogP contribution in [-0.4, -0.2) is 67.3 Å². The number of hydrogen-bond acceptors (Lipinski definition) is 4. The van der Waals surface area contributed by atoms with Crippen LogP contribution < -0.4 is 10.6 Å². The van der Waals surface area contributed by atoms with Crippen molar-refractivity contribution in [2.75, 3.05) is 40.0 Å². The molecular formula is C15H33IN4O2S. The average molecular weight is 460 g/mol. The van der Waals surface area contributed by atoms with Crippen molar-refractivity contribution in [2.45, 2.75) is 45.0 Å². The number of aliphatic imine (C=N–C) groups is 1. The van der Waals surface area contributed by atoms with Crippen LogP contribution in [0.4, 0.5) is 4.79 Å². The minimum Gasteiger partial charge on any atom is -0.444 e. The zero-order chi connectivity index (χ0) is 17.4. The number of ether oxygens (including phenoxy) is 1. The third-order valence-corrected chi connectivity index (χ3v) is 4.15. The molecule has 0 spiro atoms. The van der Waals surface area contributed by atoms with E-state index in [-0.39, 0.29) is 34.8 Å². The second-order valence-corrected chi connectivity index (χ2v) is 8.23. The maximum atomic E-state index is 11.8. The highest BCUT2D eigenvalue weighted by Crippen LogP contribution is 2.19. The molecule has 0 aliphatic heterocycles. The van der Waals surface area contributed by atoms with Gasteiger partial charge < -0.3 is 20.3 Å². The predicted molar refractivity (Wildman–Crippen MR) is 111 cm³/mol. The normalized spacial score (nSPS) is 12.3. The maximum absolute atomic E-state index is 11.8. The Morgan fingerprint density at radius 3 is 2.22 bits per heavy atom.